The summed E-state index contributed by atoms with van der Waals surface area (Å²) in [5.74, 6) is -2.30. The molecule has 1 aromatic heterocycles. The fourth-order valence-electron chi connectivity index (χ4n) is 2.04. The second-order valence-corrected chi connectivity index (χ2v) is 5.82. The van der Waals surface area contributed by atoms with Gasteiger partial charge in [0, 0.05) is 4.88 Å². The maximum atomic E-state index is 14.1. The molecule has 0 radical (unpaired) electrons. The molecule has 5 N–H and O–H groups in total. The van der Waals surface area contributed by atoms with Gasteiger partial charge in [0.1, 0.15) is 11.6 Å². The molecule has 1 unspecified atom stereocenters. The van der Waals surface area contributed by atoms with E-state index in [0.717, 1.165) is 23.5 Å². The van der Waals surface area contributed by atoms with Gasteiger partial charge < -0.3 is 16.6 Å². The first-order chi connectivity index (χ1) is 9.79. The molecule has 0 fully saturated rings. The molecule has 1 aromatic carbocycles. The standard InChI is InChI=1S/C14H14F2N2O2S/c1-6(19)2-7-3-9(15)12(10(16)4-7)11-5-8(13(17)20)14(18)21-11/h3-6,19H,2,18H2,1H3,(H2,17,20). The minimum atomic E-state index is -0.775. The molecule has 0 spiro atoms. The van der Waals surface area contributed by atoms with Crippen LogP contribution >= 0.6 is 11.3 Å². The lowest BCUT2D eigenvalue weighted by molar-refractivity contribution is 0.100. The van der Waals surface area contributed by atoms with Crippen LogP contribution in [0, 0.1) is 11.6 Å². The van der Waals surface area contributed by atoms with Crippen LogP contribution < -0.4 is 11.5 Å². The third-order valence-corrected chi connectivity index (χ3v) is 3.89. The van der Waals surface area contributed by atoms with Crippen LogP contribution in [0.1, 0.15) is 22.8 Å². The van der Waals surface area contributed by atoms with Gasteiger partial charge in [-0.05, 0) is 37.1 Å². The molecule has 1 amide bonds. The summed E-state index contributed by atoms with van der Waals surface area (Å²) >= 11 is 0.891. The predicted octanol–water partition coefficient (Wildman–Crippen LogP) is 2.30. The number of thiophene rings is 1. The highest BCUT2D eigenvalue weighted by Gasteiger charge is 2.19. The van der Waals surface area contributed by atoms with Crippen molar-refractivity contribution in [2.24, 2.45) is 5.73 Å². The SMILES string of the molecule is CC(O)Cc1cc(F)c(-c2cc(C(N)=O)c(N)s2)c(F)c1. The zero-order chi connectivity index (χ0) is 15.7. The molecule has 0 bridgehead atoms. The lowest BCUT2D eigenvalue weighted by atomic mass is 10.0. The first kappa shape index (κ1) is 15.4. The predicted molar refractivity (Wildman–Crippen MR) is 78.0 cm³/mol. The summed E-state index contributed by atoms with van der Waals surface area (Å²) in [6, 6.07) is 3.59. The topological polar surface area (TPSA) is 89.3 Å². The van der Waals surface area contributed by atoms with Gasteiger partial charge in [0.05, 0.1) is 22.2 Å². The van der Waals surface area contributed by atoms with Crippen LogP contribution in [0.2, 0.25) is 0 Å². The molecule has 21 heavy (non-hydrogen) atoms. The summed E-state index contributed by atoms with van der Waals surface area (Å²) in [6.07, 6.45) is -0.554. The van der Waals surface area contributed by atoms with Gasteiger partial charge in [0.15, 0.2) is 0 Å². The van der Waals surface area contributed by atoms with Crippen molar-refractivity contribution in [3.63, 3.8) is 0 Å². The summed E-state index contributed by atoms with van der Waals surface area (Å²) < 4.78 is 28.2. The highest BCUT2D eigenvalue weighted by molar-refractivity contribution is 7.19. The molecule has 7 heteroatoms. The first-order valence-corrected chi connectivity index (χ1v) is 6.96. The van der Waals surface area contributed by atoms with Crippen LogP contribution in [0.4, 0.5) is 13.8 Å². The summed E-state index contributed by atoms with van der Waals surface area (Å²) in [4.78, 5) is 11.3. The van der Waals surface area contributed by atoms with Crippen molar-refractivity contribution < 1.29 is 18.7 Å². The van der Waals surface area contributed by atoms with Crippen molar-refractivity contribution in [3.8, 4) is 10.4 Å². The van der Waals surface area contributed by atoms with E-state index in [0.29, 0.717) is 5.56 Å². The zero-order valence-electron chi connectivity index (χ0n) is 11.2. The third kappa shape index (κ3) is 3.20. The summed E-state index contributed by atoms with van der Waals surface area (Å²) in [7, 11) is 0. The van der Waals surface area contributed by atoms with E-state index in [1.807, 2.05) is 0 Å². The number of aliphatic hydroxyl groups is 1. The molecule has 2 aromatic rings. The number of nitrogens with two attached hydrogens (primary N) is 2. The Labute approximate surface area is 124 Å². The Morgan fingerprint density at radius 3 is 2.33 bits per heavy atom. The second kappa shape index (κ2) is 5.79. The highest BCUT2D eigenvalue weighted by Crippen LogP contribution is 2.36. The van der Waals surface area contributed by atoms with Crippen molar-refractivity contribution in [3.05, 3.63) is 41.0 Å². The Hall–Kier alpha value is -1.99. The van der Waals surface area contributed by atoms with E-state index in [-0.39, 0.29) is 27.4 Å². The van der Waals surface area contributed by atoms with Gasteiger partial charge >= 0.3 is 0 Å². The number of aliphatic hydroxyl groups excluding tert-OH is 1. The maximum Gasteiger partial charge on any atom is 0.251 e. The van der Waals surface area contributed by atoms with Crippen LogP contribution in [-0.4, -0.2) is 17.1 Å². The lowest BCUT2D eigenvalue weighted by Crippen LogP contribution is -2.11. The summed E-state index contributed by atoms with van der Waals surface area (Å²) in [5.41, 5.74) is 10.9. The molecule has 2 rings (SSSR count). The first-order valence-electron chi connectivity index (χ1n) is 6.15. The number of hydrogen-bond donors (Lipinski definition) is 3. The Morgan fingerprint density at radius 2 is 1.90 bits per heavy atom. The molecule has 4 nitrogen and oxygen atoms in total. The van der Waals surface area contributed by atoms with Crippen LogP contribution in [0.5, 0.6) is 0 Å². The van der Waals surface area contributed by atoms with Crippen LogP contribution in [0.3, 0.4) is 0 Å². The number of halogens is 2. The fraction of sp³-hybridized carbons (Fsp3) is 0.214. The molecule has 1 heterocycles. The zero-order valence-corrected chi connectivity index (χ0v) is 12.0. The number of amides is 1. The fourth-order valence-corrected chi connectivity index (χ4v) is 3.02. The normalized spacial score (nSPS) is 12.4. The smallest absolute Gasteiger partial charge is 0.251 e. The number of nitrogen functional groups attached to an aromatic ring is 1. The number of anilines is 1. The van der Waals surface area contributed by atoms with E-state index in [2.05, 4.69) is 0 Å². The van der Waals surface area contributed by atoms with E-state index >= 15 is 0 Å². The number of carbonyl (C=O) groups excluding carboxylic acids is 1. The van der Waals surface area contributed by atoms with Crippen LogP contribution in [0.15, 0.2) is 18.2 Å². The third-order valence-electron chi connectivity index (χ3n) is 2.91. The van der Waals surface area contributed by atoms with Gasteiger partial charge in [-0.1, -0.05) is 0 Å². The molecule has 0 aliphatic rings. The summed E-state index contributed by atoms with van der Waals surface area (Å²) in [5, 5.41) is 9.38. The Kier molecular flexibility index (Phi) is 4.24. The van der Waals surface area contributed by atoms with E-state index in [1.165, 1.54) is 13.0 Å². The molecule has 0 aliphatic heterocycles. The molecule has 0 saturated carbocycles. The van der Waals surface area contributed by atoms with Gasteiger partial charge in [-0.3, -0.25) is 4.79 Å². The Bertz CT molecular complexity index is 675. The minimum absolute atomic E-state index is 0.0434. The van der Waals surface area contributed by atoms with Crippen molar-refractivity contribution in [1.29, 1.82) is 0 Å². The number of rotatable bonds is 4. The van der Waals surface area contributed by atoms with Gasteiger partial charge in [0.25, 0.3) is 5.91 Å². The van der Waals surface area contributed by atoms with Crippen LogP contribution in [-0.2, 0) is 6.42 Å². The largest absolute Gasteiger partial charge is 0.393 e. The average Bonchev–Trinajstić information content (AvgIpc) is 2.69. The Morgan fingerprint density at radius 1 is 1.33 bits per heavy atom. The van der Waals surface area contributed by atoms with Gasteiger partial charge in [-0.2, -0.15) is 0 Å². The van der Waals surface area contributed by atoms with Crippen molar-refractivity contribution in [1.82, 2.24) is 0 Å². The highest BCUT2D eigenvalue weighted by atomic mass is 32.1. The van der Waals surface area contributed by atoms with Crippen LogP contribution in [0.25, 0.3) is 10.4 Å². The van der Waals surface area contributed by atoms with Gasteiger partial charge in [-0.15, -0.1) is 11.3 Å². The maximum absolute atomic E-state index is 14.1. The van der Waals surface area contributed by atoms with Crippen molar-refractivity contribution in [2.75, 3.05) is 5.73 Å². The number of benzene rings is 1. The number of hydrogen-bond acceptors (Lipinski definition) is 4. The molecular formula is C14H14F2N2O2S. The van der Waals surface area contributed by atoms with E-state index in [1.54, 1.807) is 0 Å². The molecule has 1 atom stereocenters. The summed E-state index contributed by atoms with van der Waals surface area (Å²) in [6.45, 7) is 1.53. The van der Waals surface area contributed by atoms with Gasteiger partial charge in [-0.25, -0.2) is 8.78 Å². The molecule has 112 valence electrons. The monoisotopic (exact) mass is 312 g/mol. The van der Waals surface area contributed by atoms with Crippen molar-refractivity contribution in [2.45, 2.75) is 19.4 Å². The Balaban J connectivity index is 2.49. The van der Waals surface area contributed by atoms with E-state index in [4.69, 9.17) is 11.5 Å². The van der Waals surface area contributed by atoms with Gasteiger partial charge in [0.2, 0.25) is 0 Å². The van der Waals surface area contributed by atoms with E-state index < -0.39 is 23.6 Å². The lowest BCUT2D eigenvalue weighted by Gasteiger charge is -2.08. The molecule has 0 aliphatic carbocycles. The minimum Gasteiger partial charge on any atom is -0.393 e. The molecule has 0 saturated heterocycles. The second-order valence-electron chi connectivity index (χ2n) is 4.74. The number of primary amides is 1. The van der Waals surface area contributed by atoms with Crippen molar-refractivity contribution >= 4 is 22.2 Å². The molecular weight excluding hydrogens is 298 g/mol. The van der Waals surface area contributed by atoms with E-state index in [9.17, 15) is 18.7 Å². The average molecular weight is 312 g/mol. The quantitative estimate of drug-likeness (QED) is 0.809. The number of carbonyl (C=O) groups is 1.